The first-order valence-corrected chi connectivity index (χ1v) is 4.98. The number of hydrogen-bond acceptors (Lipinski definition) is 1. The van der Waals surface area contributed by atoms with Gasteiger partial charge < -0.3 is 4.74 Å². The lowest BCUT2D eigenvalue weighted by atomic mass is 10.2. The minimum absolute atomic E-state index is 0.569. The van der Waals surface area contributed by atoms with Crippen molar-refractivity contribution in [2.45, 2.75) is 13.5 Å². The highest BCUT2D eigenvalue weighted by atomic mass is 16.5. The minimum Gasteiger partial charge on any atom is -0.490 e. The van der Waals surface area contributed by atoms with Crippen LogP contribution in [0.4, 0.5) is 0 Å². The van der Waals surface area contributed by atoms with Crippen molar-refractivity contribution in [3.8, 4) is 0 Å². The molecule has 0 unspecified atom stereocenters. The second-order valence-corrected chi connectivity index (χ2v) is 3.13. The van der Waals surface area contributed by atoms with Crippen molar-refractivity contribution in [3.05, 3.63) is 72.5 Å². The van der Waals surface area contributed by atoms with Crippen LogP contribution in [0.1, 0.15) is 12.5 Å². The Morgan fingerprint density at radius 1 is 1.27 bits per heavy atom. The van der Waals surface area contributed by atoms with E-state index in [0.29, 0.717) is 12.4 Å². The first-order valence-electron chi connectivity index (χ1n) is 4.98. The monoisotopic (exact) mass is 200 g/mol. The molecule has 0 heterocycles. The lowest BCUT2D eigenvalue weighted by Crippen LogP contribution is -1.89. The van der Waals surface area contributed by atoms with E-state index in [1.807, 2.05) is 61.6 Å². The highest BCUT2D eigenvalue weighted by Crippen LogP contribution is 2.05. The SMILES string of the molecule is C=C(/C=C\C=C/C)OCc1ccccc1. The average molecular weight is 200 g/mol. The normalized spacial score (nSPS) is 11.0. The molecular formula is C14H16O. The highest BCUT2D eigenvalue weighted by Gasteiger charge is 1.91. The van der Waals surface area contributed by atoms with Crippen LogP contribution in [-0.2, 0) is 11.3 Å². The Bertz CT molecular complexity index is 347. The average Bonchev–Trinajstić information content (AvgIpc) is 2.28. The molecule has 0 spiro atoms. The molecule has 0 amide bonds. The number of ether oxygens (including phenoxy) is 1. The van der Waals surface area contributed by atoms with Crippen molar-refractivity contribution in [1.29, 1.82) is 0 Å². The number of allylic oxidation sites excluding steroid dienone is 4. The Balaban J connectivity index is 2.35. The van der Waals surface area contributed by atoms with Crippen molar-refractivity contribution in [2.24, 2.45) is 0 Å². The van der Waals surface area contributed by atoms with Gasteiger partial charge in [-0.2, -0.15) is 0 Å². The van der Waals surface area contributed by atoms with Gasteiger partial charge in [0.05, 0.1) is 0 Å². The summed E-state index contributed by atoms with van der Waals surface area (Å²) in [5.74, 6) is 0.678. The van der Waals surface area contributed by atoms with E-state index >= 15 is 0 Å². The molecule has 0 saturated carbocycles. The van der Waals surface area contributed by atoms with Gasteiger partial charge in [0.2, 0.25) is 0 Å². The van der Waals surface area contributed by atoms with Gasteiger partial charge in [-0.05, 0) is 18.6 Å². The van der Waals surface area contributed by atoms with Crippen molar-refractivity contribution >= 4 is 0 Å². The van der Waals surface area contributed by atoms with E-state index in [1.54, 1.807) is 0 Å². The van der Waals surface area contributed by atoms with Gasteiger partial charge in [-0.15, -0.1) is 0 Å². The zero-order valence-corrected chi connectivity index (χ0v) is 9.02. The summed E-state index contributed by atoms with van der Waals surface area (Å²) >= 11 is 0. The summed E-state index contributed by atoms with van der Waals surface area (Å²) in [5, 5.41) is 0. The Hall–Kier alpha value is -1.76. The van der Waals surface area contributed by atoms with Gasteiger partial charge in [0.25, 0.3) is 0 Å². The van der Waals surface area contributed by atoms with Crippen LogP contribution in [-0.4, -0.2) is 0 Å². The summed E-state index contributed by atoms with van der Waals surface area (Å²) in [6.07, 6.45) is 7.66. The van der Waals surface area contributed by atoms with Gasteiger partial charge in [0, 0.05) is 0 Å². The van der Waals surface area contributed by atoms with Crippen molar-refractivity contribution in [2.75, 3.05) is 0 Å². The molecule has 0 saturated heterocycles. The van der Waals surface area contributed by atoms with Crippen molar-refractivity contribution < 1.29 is 4.74 Å². The van der Waals surface area contributed by atoms with Crippen LogP contribution in [0.25, 0.3) is 0 Å². The van der Waals surface area contributed by atoms with Crippen LogP contribution in [0, 0.1) is 0 Å². The number of rotatable bonds is 5. The molecule has 0 aliphatic rings. The zero-order valence-electron chi connectivity index (χ0n) is 9.02. The van der Waals surface area contributed by atoms with Crippen LogP contribution < -0.4 is 0 Å². The van der Waals surface area contributed by atoms with Crippen LogP contribution >= 0.6 is 0 Å². The van der Waals surface area contributed by atoms with E-state index in [4.69, 9.17) is 4.74 Å². The molecule has 0 N–H and O–H groups in total. The quantitative estimate of drug-likeness (QED) is 0.518. The van der Waals surface area contributed by atoms with E-state index in [1.165, 1.54) is 0 Å². The molecule has 1 rings (SSSR count). The molecule has 0 aliphatic carbocycles. The molecule has 0 aliphatic heterocycles. The van der Waals surface area contributed by atoms with E-state index in [0.717, 1.165) is 5.56 Å². The Labute approximate surface area is 91.4 Å². The van der Waals surface area contributed by atoms with Crippen LogP contribution in [0.15, 0.2) is 67.0 Å². The highest BCUT2D eigenvalue weighted by molar-refractivity contribution is 5.16. The van der Waals surface area contributed by atoms with Gasteiger partial charge in [-0.3, -0.25) is 0 Å². The predicted molar refractivity (Wildman–Crippen MR) is 64.3 cm³/mol. The Morgan fingerprint density at radius 3 is 2.67 bits per heavy atom. The van der Waals surface area contributed by atoms with Crippen molar-refractivity contribution in [3.63, 3.8) is 0 Å². The summed E-state index contributed by atoms with van der Waals surface area (Å²) < 4.78 is 5.46. The molecule has 1 aromatic rings. The Morgan fingerprint density at radius 2 is 2.00 bits per heavy atom. The maximum Gasteiger partial charge on any atom is 0.113 e. The number of benzene rings is 1. The van der Waals surface area contributed by atoms with Crippen LogP contribution in [0.5, 0.6) is 0 Å². The fraction of sp³-hybridized carbons (Fsp3) is 0.143. The maximum absolute atomic E-state index is 5.46. The van der Waals surface area contributed by atoms with Crippen LogP contribution in [0.2, 0.25) is 0 Å². The molecule has 0 aromatic heterocycles. The molecular weight excluding hydrogens is 184 g/mol. The topological polar surface area (TPSA) is 9.23 Å². The summed E-state index contributed by atoms with van der Waals surface area (Å²) in [4.78, 5) is 0. The second-order valence-electron chi connectivity index (χ2n) is 3.13. The van der Waals surface area contributed by atoms with E-state index < -0.39 is 0 Å². The summed E-state index contributed by atoms with van der Waals surface area (Å²) in [5.41, 5.74) is 1.15. The van der Waals surface area contributed by atoms with Crippen LogP contribution in [0.3, 0.4) is 0 Å². The lowest BCUT2D eigenvalue weighted by molar-refractivity contribution is 0.212. The van der Waals surface area contributed by atoms with E-state index in [9.17, 15) is 0 Å². The minimum atomic E-state index is 0.569. The summed E-state index contributed by atoms with van der Waals surface area (Å²) in [6, 6.07) is 10.0. The Kier molecular flexibility index (Phi) is 5.02. The zero-order chi connectivity index (χ0) is 10.9. The van der Waals surface area contributed by atoms with E-state index in [2.05, 4.69) is 6.58 Å². The molecule has 1 aromatic carbocycles. The molecule has 78 valence electrons. The standard InChI is InChI=1S/C14H16O/c1-3-4-6-9-13(2)15-12-14-10-7-5-8-11-14/h3-11H,2,12H2,1H3/b4-3-,9-6-. The first-order chi connectivity index (χ1) is 7.33. The molecule has 0 bridgehead atoms. The molecule has 0 radical (unpaired) electrons. The van der Waals surface area contributed by atoms with Crippen molar-refractivity contribution in [1.82, 2.24) is 0 Å². The smallest absolute Gasteiger partial charge is 0.113 e. The second kappa shape index (κ2) is 6.66. The van der Waals surface area contributed by atoms with Gasteiger partial charge in [-0.1, -0.05) is 55.1 Å². The number of hydrogen-bond donors (Lipinski definition) is 0. The maximum atomic E-state index is 5.46. The van der Waals surface area contributed by atoms with Gasteiger partial charge in [0.15, 0.2) is 0 Å². The third-order valence-electron chi connectivity index (χ3n) is 1.85. The molecule has 1 heteroatoms. The predicted octanol–water partition coefficient (Wildman–Crippen LogP) is 3.85. The van der Waals surface area contributed by atoms with E-state index in [-0.39, 0.29) is 0 Å². The third-order valence-corrected chi connectivity index (χ3v) is 1.85. The molecule has 0 fully saturated rings. The van der Waals surface area contributed by atoms with Gasteiger partial charge in [-0.25, -0.2) is 0 Å². The van der Waals surface area contributed by atoms with Gasteiger partial charge >= 0.3 is 0 Å². The fourth-order valence-electron chi connectivity index (χ4n) is 1.07. The summed E-state index contributed by atoms with van der Waals surface area (Å²) in [6.45, 7) is 6.34. The molecule has 1 nitrogen and oxygen atoms in total. The fourth-order valence-corrected chi connectivity index (χ4v) is 1.07. The molecule has 0 atom stereocenters. The molecule has 15 heavy (non-hydrogen) atoms. The largest absolute Gasteiger partial charge is 0.490 e. The summed E-state index contributed by atoms with van der Waals surface area (Å²) in [7, 11) is 0. The third kappa shape index (κ3) is 4.87. The van der Waals surface area contributed by atoms with Gasteiger partial charge in [0.1, 0.15) is 12.4 Å². The lowest BCUT2D eigenvalue weighted by Gasteiger charge is -2.04. The first kappa shape index (κ1) is 11.3.